The third-order valence-corrected chi connectivity index (χ3v) is 3.16. The smallest absolute Gasteiger partial charge is 0.0748 e. The Labute approximate surface area is 97.3 Å². The van der Waals surface area contributed by atoms with Crippen LogP contribution in [0.1, 0.15) is 16.7 Å². The second-order valence-corrected chi connectivity index (χ2v) is 4.35. The quantitative estimate of drug-likeness (QED) is 0.811. The van der Waals surface area contributed by atoms with Crippen LogP contribution in [0.3, 0.4) is 0 Å². The van der Waals surface area contributed by atoms with E-state index in [4.69, 9.17) is 0 Å². The maximum atomic E-state index is 9.17. The summed E-state index contributed by atoms with van der Waals surface area (Å²) in [5.74, 6) is 0. The fourth-order valence-electron chi connectivity index (χ4n) is 1.82. The molecule has 0 heterocycles. The van der Waals surface area contributed by atoms with Crippen molar-refractivity contribution in [1.82, 2.24) is 0 Å². The average Bonchev–Trinajstić information content (AvgIpc) is 2.25. The Balaban J connectivity index is 3.07. The van der Waals surface area contributed by atoms with Gasteiger partial charge in [0.25, 0.3) is 0 Å². The van der Waals surface area contributed by atoms with Crippen LogP contribution in [-0.4, -0.2) is 36.5 Å². The van der Waals surface area contributed by atoms with Gasteiger partial charge >= 0.3 is 0 Å². The molecule has 3 heteroatoms. The second kappa shape index (κ2) is 5.32. The first-order chi connectivity index (χ1) is 7.51. The molecule has 0 bridgehead atoms. The first kappa shape index (κ1) is 13.0. The fourth-order valence-corrected chi connectivity index (χ4v) is 1.82. The zero-order chi connectivity index (χ0) is 12.3. The number of rotatable bonds is 4. The standard InChI is InChI=1S/C13H21NO2/c1-9-5-11(3)13(6-10(9)2)14(4)12(7-15)8-16/h5-6,12,15-16H,7-8H2,1-4H3. The Hall–Kier alpha value is -1.06. The molecule has 3 nitrogen and oxygen atoms in total. The minimum Gasteiger partial charge on any atom is -0.394 e. The van der Waals surface area contributed by atoms with Crippen molar-refractivity contribution < 1.29 is 10.2 Å². The number of likely N-dealkylation sites (N-methyl/N-ethyl adjacent to an activating group) is 1. The van der Waals surface area contributed by atoms with E-state index < -0.39 is 0 Å². The number of hydrogen-bond acceptors (Lipinski definition) is 3. The topological polar surface area (TPSA) is 43.7 Å². The van der Waals surface area contributed by atoms with Crippen molar-refractivity contribution in [1.29, 1.82) is 0 Å². The Morgan fingerprint density at radius 1 is 1.00 bits per heavy atom. The van der Waals surface area contributed by atoms with Gasteiger partial charge in [-0.3, -0.25) is 0 Å². The van der Waals surface area contributed by atoms with Crippen LogP contribution in [0, 0.1) is 20.8 Å². The molecule has 1 rings (SSSR count). The molecule has 0 aliphatic carbocycles. The van der Waals surface area contributed by atoms with Gasteiger partial charge in [-0.05, 0) is 43.5 Å². The van der Waals surface area contributed by atoms with Gasteiger partial charge < -0.3 is 15.1 Å². The molecule has 90 valence electrons. The number of aryl methyl sites for hydroxylation is 3. The van der Waals surface area contributed by atoms with Crippen LogP contribution in [0.4, 0.5) is 5.69 Å². The normalized spacial score (nSPS) is 10.9. The molecular weight excluding hydrogens is 202 g/mol. The molecule has 0 unspecified atom stereocenters. The van der Waals surface area contributed by atoms with Crippen LogP contribution < -0.4 is 4.90 Å². The van der Waals surface area contributed by atoms with Gasteiger partial charge in [0.15, 0.2) is 0 Å². The van der Waals surface area contributed by atoms with Crippen LogP contribution in [0.5, 0.6) is 0 Å². The van der Waals surface area contributed by atoms with E-state index in [-0.39, 0.29) is 19.3 Å². The molecule has 0 aliphatic rings. The van der Waals surface area contributed by atoms with Crippen molar-refractivity contribution in [2.24, 2.45) is 0 Å². The molecule has 16 heavy (non-hydrogen) atoms. The lowest BCUT2D eigenvalue weighted by molar-refractivity contribution is 0.190. The number of hydrogen-bond donors (Lipinski definition) is 2. The van der Waals surface area contributed by atoms with Crippen molar-refractivity contribution in [2.75, 3.05) is 25.2 Å². The number of benzene rings is 1. The van der Waals surface area contributed by atoms with E-state index in [1.807, 2.05) is 18.9 Å². The summed E-state index contributed by atoms with van der Waals surface area (Å²) >= 11 is 0. The molecule has 2 N–H and O–H groups in total. The SMILES string of the molecule is Cc1cc(C)c(N(C)C(CO)CO)cc1C. The zero-order valence-corrected chi connectivity index (χ0v) is 10.5. The summed E-state index contributed by atoms with van der Waals surface area (Å²) in [5, 5.41) is 18.3. The van der Waals surface area contributed by atoms with E-state index in [0.29, 0.717) is 0 Å². The van der Waals surface area contributed by atoms with Gasteiger partial charge in [-0.2, -0.15) is 0 Å². The van der Waals surface area contributed by atoms with Gasteiger partial charge in [0, 0.05) is 12.7 Å². The molecule has 0 spiro atoms. The van der Waals surface area contributed by atoms with Crippen LogP contribution in [-0.2, 0) is 0 Å². The Morgan fingerprint density at radius 2 is 1.50 bits per heavy atom. The van der Waals surface area contributed by atoms with Crippen LogP contribution in [0.2, 0.25) is 0 Å². The van der Waals surface area contributed by atoms with Crippen molar-refractivity contribution in [2.45, 2.75) is 26.8 Å². The van der Waals surface area contributed by atoms with Gasteiger partial charge in [-0.25, -0.2) is 0 Å². The highest BCUT2D eigenvalue weighted by Crippen LogP contribution is 2.24. The molecule has 0 atom stereocenters. The zero-order valence-electron chi connectivity index (χ0n) is 10.5. The summed E-state index contributed by atoms with van der Waals surface area (Å²) < 4.78 is 0. The Kier molecular flexibility index (Phi) is 4.33. The molecule has 1 aromatic rings. The van der Waals surface area contributed by atoms with Crippen molar-refractivity contribution in [3.05, 3.63) is 28.8 Å². The summed E-state index contributed by atoms with van der Waals surface area (Å²) in [6.07, 6.45) is 0. The van der Waals surface area contributed by atoms with E-state index in [2.05, 4.69) is 26.0 Å². The van der Waals surface area contributed by atoms with Gasteiger partial charge in [0.05, 0.1) is 19.3 Å². The van der Waals surface area contributed by atoms with Gasteiger partial charge in [-0.15, -0.1) is 0 Å². The highest BCUT2D eigenvalue weighted by Gasteiger charge is 2.15. The Bertz CT molecular complexity index is 359. The molecule has 0 saturated carbocycles. The minimum atomic E-state index is -0.235. The van der Waals surface area contributed by atoms with E-state index in [0.717, 1.165) is 11.3 Å². The highest BCUT2D eigenvalue weighted by molar-refractivity contribution is 5.57. The molecule has 0 saturated heterocycles. The lowest BCUT2D eigenvalue weighted by Gasteiger charge is -2.29. The molecule has 0 amide bonds. The van der Waals surface area contributed by atoms with Gasteiger partial charge in [0.1, 0.15) is 0 Å². The predicted molar refractivity (Wildman–Crippen MR) is 67.0 cm³/mol. The van der Waals surface area contributed by atoms with Crippen molar-refractivity contribution in [3.8, 4) is 0 Å². The maximum Gasteiger partial charge on any atom is 0.0748 e. The second-order valence-electron chi connectivity index (χ2n) is 4.35. The first-order valence-corrected chi connectivity index (χ1v) is 5.53. The third kappa shape index (κ3) is 2.54. The van der Waals surface area contributed by atoms with Crippen LogP contribution in [0.25, 0.3) is 0 Å². The molecular formula is C13H21NO2. The predicted octanol–water partition coefficient (Wildman–Crippen LogP) is 1.40. The lowest BCUT2D eigenvalue weighted by Crippen LogP contribution is -2.38. The molecule has 0 aromatic heterocycles. The van der Waals surface area contributed by atoms with Gasteiger partial charge in [0.2, 0.25) is 0 Å². The summed E-state index contributed by atoms with van der Waals surface area (Å²) in [5.41, 5.74) is 4.72. The third-order valence-electron chi connectivity index (χ3n) is 3.16. The van der Waals surface area contributed by atoms with Gasteiger partial charge in [-0.1, -0.05) is 6.07 Å². The van der Waals surface area contributed by atoms with E-state index in [9.17, 15) is 10.2 Å². The minimum absolute atomic E-state index is 0.0423. The summed E-state index contributed by atoms with van der Waals surface area (Å²) in [6, 6.07) is 4.00. The largest absolute Gasteiger partial charge is 0.394 e. The van der Waals surface area contributed by atoms with Crippen molar-refractivity contribution >= 4 is 5.69 Å². The fraction of sp³-hybridized carbons (Fsp3) is 0.538. The van der Waals surface area contributed by atoms with E-state index in [1.165, 1.54) is 11.1 Å². The lowest BCUT2D eigenvalue weighted by atomic mass is 10.0. The monoisotopic (exact) mass is 223 g/mol. The number of aliphatic hydroxyl groups excluding tert-OH is 2. The number of aliphatic hydroxyl groups is 2. The molecule has 0 aliphatic heterocycles. The maximum absolute atomic E-state index is 9.17. The molecule has 1 aromatic carbocycles. The Morgan fingerprint density at radius 3 is 2.00 bits per heavy atom. The molecule has 0 fully saturated rings. The average molecular weight is 223 g/mol. The summed E-state index contributed by atoms with van der Waals surface area (Å²) in [4.78, 5) is 1.93. The van der Waals surface area contributed by atoms with Crippen molar-refractivity contribution in [3.63, 3.8) is 0 Å². The van der Waals surface area contributed by atoms with Crippen LogP contribution >= 0.6 is 0 Å². The molecule has 0 radical (unpaired) electrons. The number of nitrogens with zero attached hydrogens (tertiary/aromatic N) is 1. The summed E-state index contributed by atoms with van der Waals surface area (Å²) in [6.45, 7) is 6.11. The van der Waals surface area contributed by atoms with E-state index >= 15 is 0 Å². The summed E-state index contributed by atoms with van der Waals surface area (Å²) in [7, 11) is 1.90. The van der Waals surface area contributed by atoms with Crippen LogP contribution in [0.15, 0.2) is 12.1 Å². The highest BCUT2D eigenvalue weighted by atomic mass is 16.3. The van der Waals surface area contributed by atoms with E-state index in [1.54, 1.807) is 0 Å². The number of anilines is 1. The first-order valence-electron chi connectivity index (χ1n) is 5.53.